The molecule has 0 saturated heterocycles. The molecule has 90 valence electrons. The Kier molecular flexibility index (Phi) is 5.97. The third kappa shape index (κ3) is 4.34. The number of carbonyl (C=O) groups is 1. The van der Waals surface area contributed by atoms with Crippen LogP contribution >= 0.6 is 0 Å². The molecule has 0 saturated carbocycles. The summed E-state index contributed by atoms with van der Waals surface area (Å²) in [6.45, 7) is 11.1. The van der Waals surface area contributed by atoms with Gasteiger partial charge in [0.25, 0.3) is 0 Å². The van der Waals surface area contributed by atoms with Gasteiger partial charge in [0.1, 0.15) is 0 Å². The quantitative estimate of drug-likeness (QED) is 0.584. The van der Waals surface area contributed by atoms with Crippen molar-refractivity contribution in [1.29, 1.82) is 0 Å². The summed E-state index contributed by atoms with van der Waals surface area (Å²) in [5, 5.41) is 0.801. The van der Waals surface area contributed by atoms with Gasteiger partial charge in [-0.25, -0.2) is 0 Å². The van der Waals surface area contributed by atoms with E-state index in [-0.39, 0.29) is 25.6 Å². The molecule has 2 atom stereocenters. The number of hydrogen-bond donors (Lipinski definition) is 0. The minimum absolute atomic E-state index is 0.111. The summed E-state index contributed by atoms with van der Waals surface area (Å²) >= 11 is -0.111. The van der Waals surface area contributed by atoms with E-state index in [0.29, 0.717) is 0 Å². The predicted octanol–water partition coefficient (Wildman–Crippen LogP) is 2.75. The first-order valence-corrected chi connectivity index (χ1v) is 7.83. The van der Waals surface area contributed by atoms with Crippen LogP contribution in [0.25, 0.3) is 4.85 Å². The standard InChI is InChI=1S/C14H17NOSe/c1-4-11(2)13(15-3)14(16)17-10-12-8-6-5-7-9-12/h5-9,11,13H,4,10H2,1-2H3/t11?,13-/m0/s1. The molecule has 0 aliphatic carbocycles. The normalized spacial score (nSPS) is 13.7. The van der Waals surface area contributed by atoms with E-state index in [0.717, 1.165) is 11.7 Å². The van der Waals surface area contributed by atoms with E-state index in [1.54, 1.807) is 0 Å². The monoisotopic (exact) mass is 295 g/mol. The third-order valence-electron chi connectivity index (χ3n) is 2.79. The van der Waals surface area contributed by atoms with Crippen LogP contribution < -0.4 is 0 Å². The zero-order valence-electron chi connectivity index (χ0n) is 10.2. The molecule has 0 aliphatic rings. The number of hydrogen-bond acceptors (Lipinski definition) is 1. The fraction of sp³-hybridized carbons (Fsp3) is 0.429. The van der Waals surface area contributed by atoms with E-state index >= 15 is 0 Å². The molecule has 17 heavy (non-hydrogen) atoms. The van der Waals surface area contributed by atoms with Gasteiger partial charge in [-0.1, -0.05) is 0 Å². The van der Waals surface area contributed by atoms with Crippen LogP contribution in [0.15, 0.2) is 30.3 Å². The number of nitrogens with zero attached hydrogens (tertiary/aromatic N) is 1. The van der Waals surface area contributed by atoms with Crippen molar-refractivity contribution in [2.24, 2.45) is 5.92 Å². The van der Waals surface area contributed by atoms with Gasteiger partial charge in [-0.3, -0.25) is 0 Å². The summed E-state index contributed by atoms with van der Waals surface area (Å²) < 4.78 is 0.144. The Balaban J connectivity index is 2.52. The predicted molar refractivity (Wildman–Crippen MR) is 70.8 cm³/mol. The SMILES string of the molecule is [C-]#[N+][C@H](C(=O)[Se]Cc1ccccc1)C(C)CC. The molecule has 0 aromatic heterocycles. The molecule has 0 aliphatic heterocycles. The number of benzene rings is 1. The summed E-state index contributed by atoms with van der Waals surface area (Å²) in [7, 11) is 0. The molecular weight excluding hydrogens is 277 g/mol. The average Bonchev–Trinajstić information content (AvgIpc) is 2.38. The molecule has 1 aromatic carbocycles. The van der Waals surface area contributed by atoms with E-state index in [1.165, 1.54) is 5.56 Å². The molecule has 0 heterocycles. The summed E-state index contributed by atoms with van der Waals surface area (Å²) in [4.78, 5) is 15.4. The van der Waals surface area contributed by atoms with E-state index in [1.807, 2.05) is 44.2 Å². The molecule has 0 bridgehead atoms. The fourth-order valence-corrected chi connectivity index (χ4v) is 3.46. The van der Waals surface area contributed by atoms with E-state index < -0.39 is 6.04 Å². The Bertz CT molecular complexity index is 396. The van der Waals surface area contributed by atoms with Crippen molar-refractivity contribution < 1.29 is 4.79 Å². The van der Waals surface area contributed by atoms with Gasteiger partial charge in [0.2, 0.25) is 0 Å². The molecule has 1 unspecified atom stereocenters. The van der Waals surface area contributed by atoms with Gasteiger partial charge in [0.05, 0.1) is 0 Å². The third-order valence-corrected chi connectivity index (χ3v) is 4.89. The van der Waals surface area contributed by atoms with Crippen LogP contribution in [0.1, 0.15) is 25.8 Å². The Hall–Kier alpha value is -1.10. The summed E-state index contributed by atoms with van der Waals surface area (Å²) in [5.41, 5.74) is 1.19. The summed E-state index contributed by atoms with van der Waals surface area (Å²) in [6.07, 6.45) is 0.889. The Labute approximate surface area is 109 Å². The van der Waals surface area contributed by atoms with Crippen molar-refractivity contribution in [1.82, 2.24) is 0 Å². The van der Waals surface area contributed by atoms with Gasteiger partial charge in [-0.2, -0.15) is 0 Å². The molecule has 0 radical (unpaired) electrons. The molecule has 2 nitrogen and oxygen atoms in total. The number of carbonyl (C=O) groups excluding carboxylic acids is 1. The van der Waals surface area contributed by atoms with Gasteiger partial charge < -0.3 is 0 Å². The molecule has 1 rings (SSSR count). The fourth-order valence-electron chi connectivity index (χ4n) is 1.45. The van der Waals surface area contributed by atoms with E-state index in [9.17, 15) is 4.79 Å². The molecule has 1 aromatic rings. The van der Waals surface area contributed by atoms with Crippen molar-refractivity contribution in [2.45, 2.75) is 31.6 Å². The first-order valence-electron chi connectivity index (χ1n) is 5.76. The Morgan fingerprint density at radius 2 is 2.06 bits per heavy atom. The van der Waals surface area contributed by atoms with Crippen LogP contribution in [0, 0.1) is 12.5 Å². The second kappa shape index (κ2) is 7.27. The van der Waals surface area contributed by atoms with Crippen LogP contribution in [-0.4, -0.2) is 25.7 Å². The van der Waals surface area contributed by atoms with Crippen molar-refractivity contribution >= 4 is 19.6 Å². The first-order chi connectivity index (χ1) is 8.19. The molecule has 3 heteroatoms. The van der Waals surface area contributed by atoms with Crippen molar-refractivity contribution in [3.8, 4) is 0 Å². The topological polar surface area (TPSA) is 21.4 Å². The minimum atomic E-state index is -0.427. The second-order valence-corrected chi connectivity index (χ2v) is 6.11. The molecule has 0 N–H and O–H groups in total. The maximum atomic E-state index is 12.0. The van der Waals surface area contributed by atoms with E-state index in [2.05, 4.69) is 4.85 Å². The Morgan fingerprint density at radius 1 is 1.41 bits per heavy atom. The van der Waals surface area contributed by atoms with Crippen LogP contribution in [0.3, 0.4) is 0 Å². The van der Waals surface area contributed by atoms with Gasteiger partial charge >= 0.3 is 109 Å². The maximum absolute atomic E-state index is 12.0. The zero-order chi connectivity index (χ0) is 12.7. The van der Waals surface area contributed by atoms with Gasteiger partial charge in [-0.15, -0.1) is 0 Å². The first kappa shape index (κ1) is 14.0. The van der Waals surface area contributed by atoms with E-state index in [4.69, 9.17) is 6.57 Å². The molecule has 0 amide bonds. The summed E-state index contributed by atoms with van der Waals surface area (Å²) in [5.74, 6) is 0.178. The van der Waals surface area contributed by atoms with Crippen LogP contribution in [0.4, 0.5) is 0 Å². The van der Waals surface area contributed by atoms with Gasteiger partial charge in [0, 0.05) is 0 Å². The molecular formula is C14H17NOSe. The second-order valence-electron chi connectivity index (χ2n) is 4.05. The average molecular weight is 294 g/mol. The zero-order valence-corrected chi connectivity index (χ0v) is 11.9. The van der Waals surface area contributed by atoms with Crippen molar-refractivity contribution in [3.05, 3.63) is 47.3 Å². The molecule has 0 fully saturated rings. The Morgan fingerprint density at radius 3 is 2.59 bits per heavy atom. The van der Waals surface area contributed by atoms with Crippen molar-refractivity contribution in [2.75, 3.05) is 0 Å². The number of rotatable bonds is 6. The van der Waals surface area contributed by atoms with Crippen LogP contribution in [0.2, 0.25) is 0 Å². The summed E-state index contributed by atoms with van der Waals surface area (Å²) in [6, 6.07) is 9.58. The molecule has 0 spiro atoms. The van der Waals surface area contributed by atoms with Gasteiger partial charge in [0.15, 0.2) is 0 Å². The van der Waals surface area contributed by atoms with Crippen LogP contribution in [0.5, 0.6) is 0 Å². The van der Waals surface area contributed by atoms with Gasteiger partial charge in [-0.05, 0) is 0 Å². The van der Waals surface area contributed by atoms with Crippen LogP contribution in [-0.2, 0) is 10.1 Å². The van der Waals surface area contributed by atoms with Crippen molar-refractivity contribution in [3.63, 3.8) is 0 Å².